The molecule has 0 heterocycles. The number of hydrogen-bond acceptors (Lipinski definition) is 2. The Balaban J connectivity index is 2.00. The Labute approximate surface area is 94.2 Å². The molecule has 2 nitrogen and oxygen atoms in total. The summed E-state index contributed by atoms with van der Waals surface area (Å²) in [5.41, 5.74) is 5.41. The van der Waals surface area contributed by atoms with Crippen LogP contribution in [0.15, 0.2) is 0 Å². The first-order valence-corrected chi connectivity index (χ1v) is 6.64. The summed E-state index contributed by atoms with van der Waals surface area (Å²) in [5.74, 6) is 0. The van der Waals surface area contributed by atoms with E-state index < -0.39 is 5.60 Å². The second-order valence-corrected chi connectivity index (χ2v) is 5.24. The highest BCUT2D eigenvalue weighted by atomic mass is 16.3. The standard InChI is InChI=1S/C13H27NO/c1-2-3-4-5-6-7-9-13(15)10-8-12(14)11-13/h12,15H,2-11,14H2,1H3. The van der Waals surface area contributed by atoms with E-state index in [0.717, 1.165) is 25.7 Å². The molecule has 0 aliphatic heterocycles. The first kappa shape index (κ1) is 13.0. The highest BCUT2D eigenvalue weighted by Gasteiger charge is 2.34. The molecule has 1 aliphatic carbocycles. The van der Waals surface area contributed by atoms with Crippen LogP contribution in [0.1, 0.15) is 71.1 Å². The summed E-state index contributed by atoms with van der Waals surface area (Å²) >= 11 is 0. The van der Waals surface area contributed by atoms with Crippen LogP contribution in [-0.4, -0.2) is 16.7 Å². The van der Waals surface area contributed by atoms with Crippen molar-refractivity contribution >= 4 is 0 Å². The van der Waals surface area contributed by atoms with Crippen molar-refractivity contribution in [1.82, 2.24) is 0 Å². The third kappa shape index (κ3) is 4.98. The monoisotopic (exact) mass is 213 g/mol. The van der Waals surface area contributed by atoms with Crippen molar-refractivity contribution in [3.05, 3.63) is 0 Å². The first-order chi connectivity index (χ1) is 7.16. The van der Waals surface area contributed by atoms with Gasteiger partial charge in [-0.15, -0.1) is 0 Å². The fraction of sp³-hybridized carbons (Fsp3) is 1.00. The van der Waals surface area contributed by atoms with Crippen molar-refractivity contribution in [2.45, 2.75) is 82.8 Å². The summed E-state index contributed by atoms with van der Waals surface area (Å²) in [4.78, 5) is 0. The van der Waals surface area contributed by atoms with Crippen LogP contribution in [0.3, 0.4) is 0 Å². The summed E-state index contributed by atoms with van der Waals surface area (Å²) in [7, 11) is 0. The molecule has 2 atom stereocenters. The first-order valence-electron chi connectivity index (χ1n) is 6.64. The van der Waals surface area contributed by atoms with Crippen LogP contribution >= 0.6 is 0 Å². The number of nitrogens with two attached hydrogens (primary N) is 1. The average Bonchev–Trinajstić information content (AvgIpc) is 2.53. The van der Waals surface area contributed by atoms with Crippen LogP contribution in [0.25, 0.3) is 0 Å². The molecule has 0 amide bonds. The fourth-order valence-electron chi connectivity index (χ4n) is 2.61. The van der Waals surface area contributed by atoms with E-state index in [1.54, 1.807) is 0 Å². The van der Waals surface area contributed by atoms with E-state index >= 15 is 0 Å². The van der Waals surface area contributed by atoms with E-state index in [-0.39, 0.29) is 6.04 Å². The van der Waals surface area contributed by atoms with Crippen LogP contribution in [-0.2, 0) is 0 Å². The van der Waals surface area contributed by atoms with Gasteiger partial charge < -0.3 is 10.8 Å². The van der Waals surface area contributed by atoms with Gasteiger partial charge in [-0.1, -0.05) is 45.4 Å². The van der Waals surface area contributed by atoms with Crippen LogP contribution in [0.5, 0.6) is 0 Å². The zero-order valence-electron chi connectivity index (χ0n) is 10.2. The summed E-state index contributed by atoms with van der Waals surface area (Å²) < 4.78 is 0. The SMILES string of the molecule is CCCCCCCCC1(O)CCC(N)C1. The molecule has 2 unspecified atom stereocenters. The molecule has 90 valence electrons. The Hall–Kier alpha value is -0.0800. The van der Waals surface area contributed by atoms with Crippen molar-refractivity contribution in [1.29, 1.82) is 0 Å². The normalized spacial score (nSPS) is 31.0. The molecule has 0 aromatic rings. The highest BCUT2D eigenvalue weighted by Crippen LogP contribution is 2.33. The van der Waals surface area contributed by atoms with Gasteiger partial charge in [0.15, 0.2) is 0 Å². The van der Waals surface area contributed by atoms with E-state index in [4.69, 9.17) is 5.73 Å². The van der Waals surface area contributed by atoms with Crippen molar-refractivity contribution in [3.63, 3.8) is 0 Å². The summed E-state index contributed by atoms with van der Waals surface area (Å²) in [6, 6.07) is 0.245. The molecule has 3 N–H and O–H groups in total. The van der Waals surface area contributed by atoms with Crippen LogP contribution in [0.4, 0.5) is 0 Å². The number of hydrogen-bond donors (Lipinski definition) is 2. The molecule has 15 heavy (non-hydrogen) atoms. The van der Waals surface area contributed by atoms with E-state index in [1.807, 2.05) is 0 Å². The lowest BCUT2D eigenvalue weighted by Crippen LogP contribution is -2.27. The second kappa shape index (κ2) is 6.49. The minimum Gasteiger partial charge on any atom is -0.390 e. The predicted molar refractivity (Wildman–Crippen MR) is 64.8 cm³/mol. The third-order valence-corrected chi connectivity index (χ3v) is 3.62. The molecular formula is C13H27NO. The zero-order valence-corrected chi connectivity index (χ0v) is 10.2. The number of unbranched alkanes of at least 4 members (excludes halogenated alkanes) is 5. The molecule has 1 saturated carbocycles. The largest absolute Gasteiger partial charge is 0.390 e. The van der Waals surface area contributed by atoms with Gasteiger partial charge in [-0.3, -0.25) is 0 Å². The summed E-state index contributed by atoms with van der Waals surface area (Å²) in [5, 5.41) is 10.2. The maximum atomic E-state index is 10.2. The molecule has 0 spiro atoms. The van der Waals surface area contributed by atoms with Crippen molar-refractivity contribution in [2.24, 2.45) is 5.73 Å². The maximum absolute atomic E-state index is 10.2. The molecule has 0 saturated heterocycles. The topological polar surface area (TPSA) is 46.2 Å². The Kier molecular flexibility index (Phi) is 5.62. The van der Waals surface area contributed by atoms with Gasteiger partial charge in [0.1, 0.15) is 0 Å². The van der Waals surface area contributed by atoms with E-state index in [2.05, 4.69) is 6.92 Å². The van der Waals surface area contributed by atoms with Gasteiger partial charge in [0, 0.05) is 6.04 Å². The van der Waals surface area contributed by atoms with E-state index in [1.165, 1.54) is 38.5 Å². The number of rotatable bonds is 7. The summed E-state index contributed by atoms with van der Waals surface area (Å²) in [6.07, 6.45) is 11.5. The van der Waals surface area contributed by atoms with E-state index in [0.29, 0.717) is 0 Å². The minimum atomic E-state index is -0.413. The maximum Gasteiger partial charge on any atom is 0.0663 e. The van der Waals surface area contributed by atoms with Crippen LogP contribution < -0.4 is 5.73 Å². The molecule has 0 radical (unpaired) electrons. The van der Waals surface area contributed by atoms with E-state index in [9.17, 15) is 5.11 Å². The molecule has 1 rings (SSSR count). The average molecular weight is 213 g/mol. The molecule has 1 aliphatic rings. The van der Waals surface area contributed by atoms with Crippen molar-refractivity contribution in [2.75, 3.05) is 0 Å². The Bertz CT molecular complexity index is 172. The third-order valence-electron chi connectivity index (χ3n) is 3.62. The van der Waals surface area contributed by atoms with Gasteiger partial charge in [0.2, 0.25) is 0 Å². The molecule has 0 bridgehead atoms. The van der Waals surface area contributed by atoms with Gasteiger partial charge in [-0.25, -0.2) is 0 Å². The zero-order chi connectivity index (χ0) is 11.1. The molecule has 2 heteroatoms. The second-order valence-electron chi connectivity index (χ2n) is 5.24. The fourth-order valence-corrected chi connectivity index (χ4v) is 2.61. The quantitative estimate of drug-likeness (QED) is 0.639. The Morgan fingerprint density at radius 2 is 1.87 bits per heavy atom. The Morgan fingerprint density at radius 3 is 2.47 bits per heavy atom. The van der Waals surface area contributed by atoms with Gasteiger partial charge in [-0.2, -0.15) is 0 Å². The predicted octanol–water partition coefficient (Wildman–Crippen LogP) is 2.98. The minimum absolute atomic E-state index is 0.245. The molecule has 1 fully saturated rings. The lowest BCUT2D eigenvalue weighted by molar-refractivity contribution is 0.0349. The van der Waals surface area contributed by atoms with Crippen LogP contribution in [0.2, 0.25) is 0 Å². The van der Waals surface area contributed by atoms with Gasteiger partial charge in [-0.05, 0) is 25.7 Å². The van der Waals surface area contributed by atoms with Crippen molar-refractivity contribution in [3.8, 4) is 0 Å². The lowest BCUT2D eigenvalue weighted by atomic mass is 9.94. The summed E-state index contributed by atoms with van der Waals surface area (Å²) in [6.45, 7) is 2.24. The van der Waals surface area contributed by atoms with Gasteiger partial charge in [0.05, 0.1) is 5.60 Å². The molecule has 0 aromatic heterocycles. The number of aliphatic hydroxyl groups is 1. The smallest absolute Gasteiger partial charge is 0.0663 e. The van der Waals surface area contributed by atoms with Gasteiger partial charge >= 0.3 is 0 Å². The van der Waals surface area contributed by atoms with Gasteiger partial charge in [0.25, 0.3) is 0 Å². The van der Waals surface area contributed by atoms with Crippen molar-refractivity contribution < 1.29 is 5.11 Å². The molecule has 0 aromatic carbocycles. The Morgan fingerprint density at radius 1 is 1.20 bits per heavy atom. The lowest BCUT2D eigenvalue weighted by Gasteiger charge is -2.22. The highest BCUT2D eigenvalue weighted by molar-refractivity contribution is 4.90. The van der Waals surface area contributed by atoms with Crippen LogP contribution in [0, 0.1) is 0 Å². The molecular weight excluding hydrogens is 186 g/mol.